The number of sulfonamides is 1. The maximum atomic E-state index is 12.2. The van der Waals surface area contributed by atoms with E-state index in [0.717, 1.165) is 6.42 Å². The SMILES string of the molecule is CCC(=O)NCCS(=O)(=O)N1CCC(C)C(NC)C1. The molecule has 1 amide bonds. The standard InChI is InChI=1S/C12H25N3O3S/c1-4-12(16)14-6-8-19(17,18)15-7-5-10(2)11(9-15)13-3/h10-11,13H,4-9H2,1-3H3,(H,14,16). The van der Waals surface area contributed by atoms with Gasteiger partial charge in [-0.2, -0.15) is 0 Å². The number of nitrogens with zero attached hydrogens (tertiary/aromatic N) is 1. The number of nitrogens with one attached hydrogen (secondary N) is 2. The van der Waals surface area contributed by atoms with Crippen molar-refractivity contribution in [2.24, 2.45) is 5.92 Å². The van der Waals surface area contributed by atoms with E-state index in [1.54, 1.807) is 6.92 Å². The molecule has 2 unspecified atom stereocenters. The third kappa shape index (κ3) is 4.74. The first-order chi connectivity index (χ1) is 8.90. The van der Waals surface area contributed by atoms with Gasteiger partial charge in [-0.1, -0.05) is 13.8 Å². The van der Waals surface area contributed by atoms with Crippen LogP contribution in [0.25, 0.3) is 0 Å². The Labute approximate surface area is 116 Å². The summed E-state index contributed by atoms with van der Waals surface area (Å²) in [6, 6.07) is 0.203. The molecule has 0 radical (unpaired) electrons. The van der Waals surface area contributed by atoms with Gasteiger partial charge in [-0.05, 0) is 19.4 Å². The van der Waals surface area contributed by atoms with Crippen LogP contribution in [0.4, 0.5) is 0 Å². The van der Waals surface area contributed by atoms with E-state index in [0.29, 0.717) is 25.4 Å². The Morgan fingerprint density at radius 3 is 2.68 bits per heavy atom. The zero-order valence-electron chi connectivity index (χ0n) is 12.0. The summed E-state index contributed by atoms with van der Waals surface area (Å²) in [5.74, 6) is 0.343. The number of hydrogen-bond donors (Lipinski definition) is 2. The first kappa shape index (κ1) is 16.4. The maximum absolute atomic E-state index is 12.2. The molecule has 2 atom stereocenters. The Balaban J connectivity index is 2.50. The zero-order valence-corrected chi connectivity index (χ0v) is 12.8. The molecule has 0 spiro atoms. The summed E-state index contributed by atoms with van der Waals surface area (Å²) in [6.07, 6.45) is 1.25. The normalized spacial score (nSPS) is 25.2. The van der Waals surface area contributed by atoms with Crippen molar-refractivity contribution in [2.75, 3.05) is 32.4 Å². The van der Waals surface area contributed by atoms with Crippen LogP contribution in [-0.4, -0.2) is 57.1 Å². The van der Waals surface area contributed by atoms with Gasteiger partial charge in [-0.15, -0.1) is 0 Å². The minimum Gasteiger partial charge on any atom is -0.355 e. The Morgan fingerprint density at radius 1 is 1.42 bits per heavy atom. The Morgan fingerprint density at radius 2 is 2.11 bits per heavy atom. The Bertz CT molecular complexity index is 397. The number of rotatable bonds is 6. The minimum atomic E-state index is -3.28. The number of likely N-dealkylation sites (N-methyl/N-ethyl adjacent to an activating group) is 1. The van der Waals surface area contributed by atoms with Crippen LogP contribution in [0.1, 0.15) is 26.7 Å². The molecule has 19 heavy (non-hydrogen) atoms. The van der Waals surface area contributed by atoms with E-state index in [1.807, 2.05) is 7.05 Å². The second-order valence-corrected chi connectivity index (χ2v) is 7.13. The molecule has 2 N–H and O–H groups in total. The third-order valence-electron chi connectivity index (χ3n) is 3.69. The van der Waals surface area contributed by atoms with Gasteiger partial charge in [-0.25, -0.2) is 12.7 Å². The molecule has 1 aliphatic rings. The highest BCUT2D eigenvalue weighted by atomic mass is 32.2. The van der Waals surface area contributed by atoms with E-state index in [4.69, 9.17) is 0 Å². The fourth-order valence-corrected chi connectivity index (χ4v) is 3.63. The van der Waals surface area contributed by atoms with Crippen LogP contribution in [0.15, 0.2) is 0 Å². The number of carbonyl (C=O) groups is 1. The lowest BCUT2D eigenvalue weighted by atomic mass is 9.95. The predicted molar refractivity (Wildman–Crippen MR) is 75.3 cm³/mol. The molecule has 0 aliphatic carbocycles. The van der Waals surface area contributed by atoms with E-state index in [2.05, 4.69) is 17.6 Å². The quantitative estimate of drug-likeness (QED) is 0.709. The molecule has 1 fully saturated rings. The van der Waals surface area contributed by atoms with Gasteiger partial charge < -0.3 is 10.6 Å². The van der Waals surface area contributed by atoms with Crippen LogP contribution in [0.3, 0.4) is 0 Å². The topological polar surface area (TPSA) is 78.5 Å². The molecule has 0 aromatic heterocycles. The van der Waals surface area contributed by atoms with Crippen molar-refractivity contribution in [3.8, 4) is 0 Å². The van der Waals surface area contributed by atoms with Gasteiger partial charge in [0.15, 0.2) is 0 Å². The number of hydrogen-bond acceptors (Lipinski definition) is 4. The van der Waals surface area contributed by atoms with E-state index >= 15 is 0 Å². The lowest BCUT2D eigenvalue weighted by Gasteiger charge is -2.36. The highest BCUT2D eigenvalue weighted by Crippen LogP contribution is 2.19. The van der Waals surface area contributed by atoms with Gasteiger partial charge in [0.25, 0.3) is 0 Å². The lowest BCUT2D eigenvalue weighted by molar-refractivity contribution is -0.120. The minimum absolute atomic E-state index is 0.0243. The molecule has 1 heterocycles. The summed E-state index contributed by atoms with van der Waals surface area (Å²) in [4.78, 5) is 11.1. The van der Waals surface area contributed by atoms with Crippen molar-refractivity contribution < 1.29 is 13.2 Å². The van der Waals surface area contributed by atoms with Gasteiger partial charge in [0.05, 0.1) is 5.75 Å². The smallest absolute Gasteiger partial charge is 0.219 e. The summed E-state index contributed by atoms with van der Waals surface area (Å²) in [5.41, 5.74) is 0. The highest BCUT2D eigenvalue weighted by Gasteiger charge is 2.31. The molecule has 1 aliphatic heterocycles. The van der Waals surface area contributed by atoms with E-state index in [9.17, 15) is 13.2 Å². The highest BCUT2D eigenvalue weighted by molar-refractivity contribution is 7.89. The third-order valence-corrected chi connectivity index (χ3v) is 5.53. The lowest BCUT2D eigenvalue weighted by Crippen LogP contribution is -2.52. The second-order valence-electron chi connectivity index (χ2n) is 5.04. The van der Waals surface area contributed by atoms with Crippen LogP contribution in [0.2, 0.25) is 0 Å². The van der Waals surface area contributed by atoms with Gasteiger partial charge in [-0.3, -0.25) is 4.79 Å². The molecule has 0 saturated carbocycles. The van der Waals surface area contributed by atoms with Crippen molar-refractivity contribution >= 4 is 15.9 Å². The molecular weight excluding hydrogens is 266 g/mol. The van der Waals surface area contributed by atoms with Crippen molar-refractivity contribution in [1.29, 1.82) is 0 Å². The zero-order chi connectivity index (χ0) is 14.5. The molecule has 1 rings (SSSR count). The summed E-state index contributed by atoms with van der Waals surface area (Å²) in [7, 11) is -1.42. The molecule has 0 bridgehead atoms. The Hall–Kier alpha value is -0.660. The average Bonchev–Trinajstić information content (AvgIpc) is 2.38. The van der Waals surface area contributed by atoms with Crippen LogP contribution in [0.5, 0.6) is 0 Å². The summed E-state index contributed by atoms with van der Waals surface area (Å²) in [5, 5.41) is 5.76. The first-order valence-corrected chi connectivity index (χ1v) is 8.43. The van der Waals surface area contributed by atoms with Crippen LogP contribution < -0.4 is 10.6 Å². The average molecular weight is 291 g/mol. The molecule has 0 aromatic carbocycles. The van der Waals surface area contributed by atoms with Gasteiger partial charge in [0.1, 0.15) is 0 Å². The maximum Gasteiger partial charge on any atom is 0.219 e. The first-order valence-electron chi connectivity index (χ1n) is 6.82. The van der Waals surface area contributed by atoms with Crippen LogP contribution in [0, 0.1) is 5.92 Å². The predicted octanol–water partition coefficient (Wildman–Crippen LogP) is -0.228. The molecule has 7 heteroatoms. The fourth-order valence-electron chi connectivity index (χ4n) is 2.24. The number of carbonyl (C=O) groups excluding carboxylic acids is 1. The van der Waals surface area contributed by atoms with Crippen molar-refractivity contribution in [1.82, 2.24) is 14.9 Å². The molecule has 0 aromatic rings. The van der Waals surface area contributed by atoms with Crippen LogP contribution in [-0.2, 0) is 14.8 Å². The molecule has 112 valence electrons. The van der Waals surface area contributed by atoms with E-state index in [1.165, 1.54) is 4.31 Å². The Kier molecular flexibility index (Phi) is 6.22. The molecular formula is C12H25N3O3S. The second kappa shape index (κ2) is 7.21. The number of amides is 1. The van der Waals surface area contributed by atoms with Gasteiger partial charge in [0, 0.05) is 32.1 Å². The van der Waals surface area contributed by atoms with E-state index < -0.39 is 10.0 Å². The molecule has 1 saturated heterocycles. The largest absolute Gasteiger partial charge is 0.355 e. The number of piperidine rings is 1. The van der Waals surface area contributed by atoms with Gasteiger partial charge >= 0.3 is 0 Å². The molecule has 6 nitrogen and oxygen atoms in total. The van der Waals surface area contributed by atoms with Crippen molar-refractivity contribution in [3.63, 3.8) is 0 Å². The van der Waals surface area contributed by atoms with E-state index in [-0.39, 0.29) is 24.2 Å². The van der Waals surface area contributed by atoms with Crippen molar-refractivity contribution in [2.45, 2.75) is 32.7 Å². The summed E-state index contributed by atoms with van der Waals surface area (Å²) in [6.45, 7) is 5.15. The van der Waals surface area contributed by atoms with Crippen LogP contribution >= 0.6 is 0 Å². The van der Waals surface area contributed by atoms with Crippen molar-refractivity contribution in [3.05, 3.63) is 0 Å². The summed E-state index contributed by atoms with van der Waals surface area (Å²) < 4.78 is 25.9. The monoisotopic (exact) mass is 291 g/mol. The summed E-state index contributed by atoms with van der Waals surface area (Å²) >= 11 is 0. The fraction of sp³-hybridized carbons (Fsp3) is 0.917. The van der Waals surface area contributed by atoms with Gasteiger partial charge in [0.2, 0.25) is 15.9 Å².